The lowest BCUT2D eigenvalue weighted by Gasteiger charge is -2.18. The van der Waals surface area contributed by atoms with Gasteiger partial charge >= 0.3 is 0 Å². The fourth-order valence-corrected chi connectivity index (χ4v) is 2.54. The Kier molecular flexibility index (Phi) is 6.73. The zero-order valence-corrected chi connectivity index (χ0v) is 13.5. The molecular weight excluding hydrogens is 250 g/mol. The molecule has 3 heteroatoms. The van der Waals surface area contributed by atoms with Gasteiger partial charge in [0.2, 0.25) is 0 Å². The molecule has 0 N–H and O–H groups in total. The maximum atomic E-state index is 12.4. The number of carbonyl (C=O) groups is 1. The molecule has 0 unspecified atom stereocenters. The smallest absolute Gasteiger partial charge is 0.164 e. The summed E-state index contributed by atoms with van der Waals surface area (Å²) in [6, 6.07) is 3.92. The largest absolute Gasteiger partial charge is 0.494 e. The van der Waals surface area contributed by atoms with Gasteiger partial charge in [0.05, 0.1) is 6.61 Å². The summed E-state index contributed by atoms with van der Waals surface area (Å²) in [5.74, 6) is 1.08. The van der Waals surface area contributed by atoms with E-state index in [1.165, 1.54) is 0 Å². The van der Waals surface area contributed by atoms with Crippen molar-refractivity contribution in [3.8, 4) is 5.75 Å². The first-order valence-electron chi connectivity index (χ1n) is 7.53. The molecule has 3 nitrogen and oxygen atoms in total. The highest BCUT2D eigenvalue weighted by atomic mass is 16.5. The first-order valence-corrected chi connectivity index (χ1v) is 7.53. The highest BCUT2D eigenvalue weighted by Crippen LogP contribution is 2.23. The van der Waals surface area contributed by atoms with E-state index in [-0.39, 0.29) is 5.78 Å². The number of Topliss-reactive ketones (excluding diaryl/α,β-unsaturated/α-hetero) is 1. The van der Waals surface area contributed by atoms with Crippen LogP contribution in [-0.4, -0.2) is 36.9 Å². The van der Waals surface area contributed by atoms with Gasteiger partial charge in [0.25, 0.3) is 0 Å². The van der Waals surface area contributed by atoms with Gasteiger partial charge in [0.1, 0.15) is 5.75 Å². The topological polar surface area (TPSA) is 29.5 Å². The molecular formula is C17H27NO2. The Morgan fingerprint density at radius 1 is 1.10 bits per heavy atom. The highest BCUT2D eigenvalue weighted by Gasteiger charge is 2.14. The predicted octanol–water partition coefficient (Wildman–Crippen LogP) is 3.62. The molecule has 20 heavy (non-hydrogen) atoms. The van der Waals surface area contributed by atoms with Crippen LogP contribution in [0.4, 0.5) is 0 Å². The van der Waals surface area contributed by atoms with Crippen molar-refractivity contribution >= 4 is 5.78 Å². The first-order chi connectivity index (χ1) is 9.53. The molecule has 0 atom stereocenters. The molecule has 0 aromatic heterocycles. The van der Waals surface area contributed by atoms with E-state index < -0.39 is 0 Å². The third-order valence-corrected chi connectivity index (χ3v) is 3.65. The molecule has 0 heterocycles. The van der Waals surface area contributed by atoms with E-state index in [1.54, 1.807) is 0 Å². The van der Waals surface area contributed by atoms with E-state index in [1.807, 2.05) is 32.9 Å². The van der Waals surface area contributed by atoms with Crippen molar-refractivity contribution in [3.63, 3.8) is 0 Å². The Morgan fingerprint density at radius 3 is 2.10 bits per heavy atom. The second kappa shape index (κ2) is 8.05. The second-order valence-electron chi connectivity index (χ2n) is 5.07. The SMILES string of the molecule is CCOc1cc(C)c(C(=O)CCN(CC)CC)c(C)c1. The lowest BCUT2D eigenvalue weighted by Crippen LogP contribution is -2.26. The average molecular weight is 277 g/mol. The summed E-state index contributed by atoms with van der Waals surface area (Å²) in [5, 5.41) is 0. The van der Waals surface area contributed by atoms with Crippen LogP contribution in [0.2, 0.25) is 0 Å². The van der Waals surface area contributed by atoms with Crippen LogP contribution >= 0.6 is 0 Å². The molecule has 112 valence electrons. The number of carbonyl (C=O) groups excluding carboxylic acids is 1. The van der Waals surface area contributed by atoms with Crippen molar-refractivity contribution in [2.45, 2.75) is 41.0 Å². The molecule has 1 aromatic carbocycles. The van der Waals surface area contributed by atoms with Gasteiger partial charge < -0.3 is 9.64 Å². The monoisotopic (exact) mass is 277 g/mol. The van der Waals surface area contributed by atoms with Crippen LogP contribution in [0, 0.1) is 13.8 Å². The summed E-state index contributed by atoms with van der Waals surface area (Å²) in [5.41, 5.74) is 2.89. The maximum absolute atomic E-state index is 12.4. The number of hydrogen-bond acceptors (Lipinski definition) is 3. The van der Waals surface area contributed by atoms with Crippen molar-refractivity contribution in [2.75, 3.05) is 26.2 Å². The summed E-state index contributed by atoms with van der Waals surface area (Å²) in [6.07, 6.45) is 0.581. The normalized spacial score (nSPS) is 10.9. The van der Waals surface area contributed by atoms with E-state index in [4.69, 9.17) is 4.74 Å². The molecule has 0 bridgehead atoms. The molecule has 0 spiro atoms. The first kappa shape index (κ1) is 16.7. The lowest BCUT2D eigenvalue weighted by molar-refractivity contribution is 0.0965. The molecule has 0 amide bonds. The van der Waals surface area contributed by atoms with E-state index in [9.17, 15) is 4.79 Å². The van der Waals surface area contributed by atoms with E-state index in [2.05, 4.69) is 18.7 Å². The van der Waals surface area contributed by atoms with Gasteiger partial charge in [-0.25, -0.2) is 0 Å². The zero-order chi connectivity index (χ0) is 15.1. The summed E-state index contributed by atoms with van der Waals surface area (Å²) in [4.78, 5) is 14.7. The number of nitrogens with zero attached hydrogens (tertiary/aromatic N) is 1. The van der Waals surface area contributed by atoms with Crippen molar-refractivity contribution in [1.29, 1.82) is 0 Å². The number of rotatable bonds is 8. The molecule has 0 radical (unpaired) electrons. The zero-order valence-electron chi connectivity index (χ0n) is 13.5. The Bertz CT molecular complexity index is 427. The summed E-state index contributed by atoms with van der Waals surface area (Å²) >= 11 is 0. The summed E-state index contributed by atoms with van der Waals surface area (Å²) in [6.45, 7) is 13.7. The van der Waals surface area contributed by atoms with Crippen molar-refractivity contribution in [3.05, 3.63) is 28.8 Å². The fourth-order valence-electron chi connectivity index (χ4n) is 2.54. The quantitative estimate of drug-likeness (QED) is 0.680. The van der Waals surface area contributed by atoms with Gasteiger partial charge in [-0.05, 0) is 57.1 Å². The third kappa shape index (κ3) is 4.34. The highest BCUT2D eigenvalue weighted by molar-refractivity contribution is 5.99. The Hall–Kier alpha value is -1.35. The van der Waals surface area contributed by atoms with Crippen LogP contribution in [0.3, 0.4) is 0 Å². The molecule has 0 aliphatic carbocycles. The van der Waals surface area contributed by atoms with Crippen LogP contribution < -0.4 is 4.74 Å². The van der Waals surface area contributed by atoms with E-state index in [0.717, 1.165) is 42.1 Å². The van der Waals surface area contributed by atoms with Crippen LogP contribution in [0.5, 0.6) is 5.75 Å². The number of benzene rings is 1. The lowest BCUT2D eigenvalue weighted by atomic mass is 9.97. The average Bonchev–Trinajstić information content (AvgIpc) is 2.39. The minimum Gasteiger partial charge on any atom is -0.494 e. The number of ether oxygens (including phenoxy) is 1. The molecule has 0 saturated heterocycles. The fraction of sp³-hybridized carbons (Fsp3) is 0.588. The van der Waals surface area contributed by atoms with Gasteiger partial charge in [-0.1, -0.05) is 13.8 Å². The Morgan fingerprint density at radius 2 is 1.65 bits per heavy atom. The van der Waals surface area contributed by atoms with Gasteiger partial charge in [-0.15, -0.1) is 0 Å². The van der Waals surface area contributed by atoms with Crippen molar-refractivity contribution in [2.24, 2.45) is 0 Å². The third-order valence-electron chi connectivity index (χ3n) is 3.65. The Balaban J connectivity index is 2.82. The van der Waals surface area contributed by atoms with Crippen molar-refractivity contribution in [1.82, 2.24) is 4.90 Å². The second-order valence-corrected chi connectivity index (χ2v) is 5.07. The molecule has 0 aliphatic heterocycles. The minimum absolute atomic E-state index is 0.231. The Labute approximate surface area is 122 Å². The summed E-state index contributed by atoms with van der Waals surface area (Å²) < 4.78 is 5.52. The minimum atomic E-state index is 0.231. The van der Waals surface area contributed by atoms with Crippen LogP contribution in [0.25, 0.3) is 0 Å². The van der Waals surface area contributed by atoms with Crippen LogP contribution in [0.15, 0.2) is 12.1 Å². The van der Waals surface area contributed by atoms with E-state index in [0.29, 0.717) is 13.0 Å². The van der Waals surface area contributed by atoms with Gasteiger partial charge in [-0.3, -0.25) is 4.79 Å². The number of hydrogen-bond donors (Lipinski definition) is 0. The molecule has 0 saturated carbocycles. The molecule has 1 aromatic rings. The van der Waals surface area contributed by atoms with Crippen LogP contribution in [-0.2, 0) is 0 Å². The van der Waals surface area contributed by atoms with Gasteiger partial charge in [-0.2, -0.15) is 0 Å². The standard InChI is InChI=1S/C17H27NO2/c1-6-18(7-2)10-9-16(19)17-13(4)11-15(20-8-3)12-14(17)5/h11-12H,6-10H2,1-5H3. The molecule has 0 fully saturated rings. The number of ketones is 1. The molecule has 1 rings (SSSR count). The van der Waals surface area contributed by atoms with E-state index >= 15 is 0 Å². The van der Waals surface area contributed by atoms with Gasteiger partial charge in [0.15, 0.2) is 5.78 Å². The van der Waals surface area contributed by atoms with Crippen molar-refractivity contribution < 1.29 is 9.53 Å². The maximum Gasteiger partial charge on any atom is 0.164 e. The predicted molar refractivity (Wildman–Crippen MR) is 83.8 cm³/mol. The summed E-state index contributed by atoms with van der Waals surface area (Å²) in [7, 11) is 0. The number of aryl methyl sites for hydroxylation is 2. The van der Waals surface area contributed by atoms with Crippen LogP contribution in [0.1, 0.15) is 48.7 Å². The van der Waals surface area contributed by atoms with Gasteiger partial charge in [0, 0.05) is 18.5 Å². The molecule has 0 aliphatic rings.